The molecule has 4 aromatic rings. The molecule has 0 saturated carbocycles. The second kappa shape index (κ2) is 7.21. The minimum absolute atomic E-state index is 0.0567. The summed E-state index contributed by atoms with van der Waals surface area (Å²) < 4.78 is 5.95. The number of hydrogen-bond donors (Lipinski definition) is 1. The van der Waals surface area contributed by atoms with Crippen molar-refractivity contribution in [2.45, 2.75) is 33.1 Å². The number of hydrogen-bond acceptors (Lipinski definition) is 3. The molecule has 4 rings (SSSR count). The number of fused-ring (bicyclic) bond motifs is 1. The van der Waals surface area contributed by atoms with Crippen molar-refractivity contribution in [2.24, 2.45) is 0 Å². The van der Waals surface area contributed by atoms with E-state index in [0.29, 0.717) is 22.7 Å². The molecule has 0 unspecified atom stereocenters. The second-order valence-corrected chi connectivity index (χ2v) is 8.30. The van der Waals surface area contributed by atoms with E-state index in [9.17, 15) is 4.79 Å². The number of rotatable bonds is 3. The Hall–Kier alpha value is -3.40. The van der Waals surface area contributed by atoms with Crippen LogP contribution >= 0.6 is 0 Å². The average Bonchev–Trinajstić information content (AvgIpc) is 3.11. The van der Waals surface area contributed by atoms with Crippen molar-refractivity contribution in [3.63, 3.8) is 0 Å². The van der Waals surface area contributed by atoms with Gasteiger partial charge in [-0.15, -0.1) is 0 Å². The van der Waals surface area contributed by atoms with Gasteiger partial charge in [-0.05, 0) is 53.8 Å². The zero-order valence-corrected chi connectivity index (χ0v) is 17.1. The fraction of sp³-hybridized carbons (Fsp3) is 0.200. The number of carbonyl (C=O) groups excluding carboxylic acids is 1. The van der Waals surface area contributed by atoms with Gasteiger partial charge in [0.15, 0.2) is 5.58 Å². The van der Waals surface area contributed by atoms with Gasteiger partial charge in [0.2, 0.25) is 5.89 Å². The van der Waals surface area contributed by atoms with Gasteiger partial charge >= 0.3 is 0 Å². The summed E-state index contributed by atoms with van der Waals surface area (Å²) in [4.78, 5) is 17.2. The molecule has 0 saturated heterocycles. The standard InChI is InChI=1S/C25H24N2O2/c1-16-7-5-6-8-20(16)24-27-21-14-13-19(15-22(21)29-24)26-23(28)17-9-11-18(12-10-17)25(2,3)4/h5-15H,1-4H3,(H,26,28). The summed E-state index contributed by atoms with van der Waals surface area (Å²) in [6, 6.07) is 21.2. The first kappa shape index (κ1) is 18.9. The van der Waals surface area contributed by atoms with Crippen LogP contribution in [-0.4, -0.2) is 10.9 Å². The Morgan fingerprint density at radius 1 is 0.966 bits per heavy atom. The minimum atomic E-state index is -0.150. The van der Waals surface area contributed by atoms with E-state index >= 15 is 0 Å². The number of aryl methyl sites for hydroxylation is 1. The van der Waals surface area contributed by atoms with Gasteiger partial charge in [-0.1, -0.05) is 51.1 Å². The molecule has 0 aliphatic rings. The van der Waals surface area contributed by atoms with Crippen LogP contribution in [0.4, 0.5) is 5.69 Å². The first-order valence-corrected chi connectivity index (χ1v) is 9.70. The highest BCUT2D eigenvalue weighted by Gasteiger charge is 2.15. The molecule has 1 amide bonds. The molecule has 1 aromatic heterocycles. The van der Waals surface area contributed by atoms with Gasteiger partial charge in [0.05, 0.1) is 0 Å². The number of carbonyl (C=O) groups is 1. The molecule has 1 N–H and O–H groups in total. The molecule has 0 radical (unpaired) electrons. The van der Waals surface area contributed by atoms with Crippen LogP contribution in [0.5, 0.6) is 0 Å². The van der Waals surface area contributed by atoms with E-state index in [2.05, 4.69) is 31.1 Å². The van der Waals surface area contributed by atoms with Gasteiger partial charge in [0.25, 0.3) is 5.91 Å². The van der Waals surface area contributed by atoms with E-state index < -0.39 is 0 Å². The van der Waals surface area contributed by atoms with Crippen LogP contribution in [0, 0.1) is 6.92 Å². The Morgan fingerprint density at radius 2 is 1.69 bits per heavy atom. The highest BCUT2D eigenvalue weighted by atomic mass is 16.3. The normalized spacial score (nSPS) is 11.6. The van der Waals surface area contributed by atoms with E-state index in [-0.39, 0.29) is 11.3 Å². The molecule has 0 aliphatic carbocycles. The van der Waals surface area contributed by atoms with Crippen molar-refractivity contribution in [2.75, 3.05) is 5.32 Å². The van der Waals surface area contributed by atoms with Crippen LogP contribution in [0.1, 0.15) is 42.3 Å². The number of oxazole rings is 1. The fourth-order valence-corrected chi connectivity index (χ4v) is 3.26. The van der Waals surface area contributed by atoms with Crippen LogP contribution in [0.15, 0.2) is 71.1 Å². The lowest BCUT2D eigenvalue weighted by Crippen LogP contribution is -2.14. The quantitative estimate of drug-likeness (QED) is 0.447. The second-order valence-electron chi connectivity index (χ2n) is 8.30. The molecule has 4 nitrogen and oxygen atoms in total. The molecule has 29 heavy (non-hydrogen) atoms. The SMILES string of the molecule is Cc1ccccc1-c1nc2ccc(NC(=O)c3ccc(C(C)(C)C)cc3)cc2o1. The van der Waals surface area contributed by atoms with Crippen LogP contribution in [-0.2, 0) is 5.41 Å². The molecule has 146 valence electrons. The summed E-state index contributed by atoms with van der Waals surface area (Å²) in [5, 5.41) is 2.94. The fourth-order valence-electron chi connectivity index (χ4n) is 3.26. The molecule has 1 heterocycles. The van der Waals surface area contributed by atoms with Gasteiger partial charge in [0, 0.05) is 22.9 Å². The number of aromatic nitrogens is 1. The Balaban J connectivity index is 1.57. The molecule has 0 fully saturated rings. The van der Waals surface area contributed by atoms with Crippen molar-refractivity contribution in [3.05, 3.63) is 83.4 Å². The minimum Gasteiger partial charge on any atom is -0.436 e. The van der Waals surface area contributed by atoms with Gasteiger partial charge in [-0.25, -0.2) is 4.98 Å². The highest BCUT2D eigenvalue weighted by Crippen LogP contribution is 2.28. The number of nitrogens with zero attached hydrogens (tertiary/aromatic N) is 1. The van der Waals surface area contributed by atoms with Crippen LogP contribution in [0.3, 0.4) is 0 Å². The Morgan fingerprint density at radius 3 is 2.38 bits per heavy atom. The maximum absolute atomic E-state index is 12.6. The smallest absolute Gasteiger partial charge is 0.255 e. The zero-order chi connectivity index (χ0) is 20.6. The summed E-state index contributed by atoms with van der Waals surface area (Å²) in [6.07, 6.45) is 0. The van der Waals surface area contributed by atoms with Gasteiger partial charge in [-0.2, -0.15) is 0 Å². The lowest BCUT2D eigenvalue weighted by atomic mass is 9.87. The van der Waals surface area contributed by atoms with Crippen LogP contribution < -0.4 is 5.32 Å². The largest absolute Gasteiger partial charge is 0.436 e. The highest BCUT2D eigenvalue weighted by molar-refractivity contribution is 6.05. The van der Waals surface area contributed by atoms with E-state index in [1.165, 1.54) is 5.56 Å². The first-order chi connectivity index (χ1) is 13.8. The molecule has 0 spiro atoms. The zero-order valence-electron chi connectivity index (χ0n) is 17.1. The van der Waals surface area contributed by atoms with Crippen molar-refractivity contribution < 1.29 is 9.21 Å². The van der Waals surface area contributed by atoms with Gasteiger partial charge in [-0.3, -0.25) is 4.79 Å². The Bertz CT molecular complexity index is 1180. The van der Waals surface area contributed by atoms with E-state index in [1.807, 2.05) is 73.7 Å². The summed E-state index contributed by atoms with van der Waals surface area (Å²) in [5.74, 6) is 0.433. The number of benzene rings is 3. The number of amides is 1. The molecular weight excluding hydrogens is 360 g/mol. The van der Waals surface area contributed by atoms with Gasteiger partial charge in [0.1, 0.15) is 5.52 Å². The van der Waals surface area contributed by atoms with E-state index in [1.54, 1.807) is 0 Å². The summed E-state index contributed by atoms with van der Waals surface area (Å²) >= 11 is 0. The van der Waals surface area contributed by atoms with Crippen molar-refractivity contribution in [1.82, 2.24) is 4.98 Å². The number of nitrogens with one attached hydrogen (secondary N) is 1. The van der Waals surface area contributed by atoms with Crippen LogP contribution in [0.2, 0.25) is 0 Å². The first-order valence-electron chi connectivity index (χ1n) is 9.70. The van der Waals surface area contributed by atoms with Crippen molar-refractivity contribution in [1.29, 1.82) is 0 Å². The summed E-state index contributed by atoms with van der Waals surface area (Å²) in [7, 11) is 0. The molecule has 0 aliphatic heterocycles. The van der Waals surface area contributed by atoms with Crippen LogP contribution in [0.25, 0.3) is 22.6 Å². The molecular formula is C25H24N2O2. The van der Waals surface area contributed by atoms with E-state index in [4.69, 9.17) is 4.42 Å². The summed E-state index contributed by atoms with van der Waals surface area (Å²) in [6.45, 7) is 8.49. The molecule has 0 bridgehead atoms. The average molecular weight is 384 g/mol. The maximum atomic E-state index is 12.6. The topological polar surface area (TPSA) is 55.1 Å². The third kappa shape index (κ3) is 3.92. The Kier molecular flexibility index (Phi) is 4.71. The van der Waals surface area contributed by atoms with Crippen molar-refractivity contribution >= 4 is 22.7 Å². The molecule has 3 aromatic carbocycles. The third-order valence-electron chi connectivity index (χ3n) is 5.03. The lowest BCUT2D eigenvalue weighted by molar-refractivity contribution is 0.102. The predicted molar refractivity (Wildman–Crippen MR) is 117 cm³/mol. The lowest BCUT2D eigenvalue weighted by Gasteiger charge is -2.19. The maximum Gasteiger partial charge on any atom is 0.255 e. The molecule has 4 heteroatoms. The monoisotopic (exact) mass is 384 g/mol. The third-order valence-corrected chi connectivity index (χ3v) is 5.03. The summed E-state index contributed by atoms with van der Waals surface area (Å²) in [5.41, 5.74) is 6.02. The van der Waals surface area contributed by atoms with Gasteiger partial charge < -0.3 is 9.73 Å². The van der Waals surface area contributed by atoms with Crippen molar-refractivity contribution in [3.8, 4) is 11.5 Å². The Labute approximate surface area is 170 Å². The number of anilines is 1. The molecule has 0 atom stereocenters. The predicted octanol–water partition coefficient (Wildman–Crippen LogP) is 6.35. The van der Waals surface area contributed by atoms with E-state index in [0.717, 1.165) is 16.6 Å².